The first-order valence-corrected chi connectivity index (χ1v) is 4.92. The summed E-state index contributed by atoms with van der Waals surface area (Å²) >= 11 is 5.34. The van der Waals surface area contributed by atoms with Gasteiger partial charge in [0.1, 0.15) is 0 Å². The molecule has 1 rings (SSSR count). The Morgan fingerprint density at radius 1 is 1.36 bits per heavy atom. The van der Waals surface area contributed by atoms with Gasteiger partial charge in [0.05, 0.1) is 0 Å². The van der Waals surface area contributed by atoms with E-state index in [4.69, 9.17) is 11.6 Å². The Morgan fingerprint density at radius 3 is 2.36 bits per heavy atom. The fourth-order valence-electron chi connectivity index (χ4n) is 1.18. The average molecular weight is 209 g/mol. The topological polar surface area (TPSA) is 17.1 Å². The Labute approximate surface area is 89.4 Å². The van der Waals surface area contributed by atoms with Crippen molar-refractivity contribution < 1.29 is 4.79 Å². The van der Waals surface area contributed by atoms with Gasteiger partial charge in [0.25, 0.3) is 5.24 Å². The van der Waals surface area contributed by atoms with Crippen LogP contribution in [0.15, 0.2) is 35.9 Å². The van der Waals surface area contributed by atoms with Crippen molar-refractivity contribution in [3.05, 3.63) is 47.0 Å². The van der Waals surface area contributed by atoms with Gasteiger partial charge in [-0.3, -0.25) is 4.79 Å². The lowest BCUT2D eigenvalue weighted by Crippen LogP contribution is -1.91. The summed E-state index contributed by atoms with van der Waals surface area (Å²) in [6, 6.07) is 7.38. The molecule has 0 amide bonds. The average Bonchev–Trinajstić information content (AvgIpc) is 2.18. The minimum absolute atomic E-state index is 0.403. The molecule has 0 fully saturated rings. The van der Waals surface area contributed by atoms with Crippen LogP contribution < -0.4 is 0 Å². The number of benzene rings is 1. The third kappa shape index (κ3) is 3.00. The lowest BCUT2D eigenvalue weighted by Gasteiger charge is -2.01. The summed E-state index contributed by atoms with van der Waals surface area (Å²) in [5, 5.41) is -0.403. The van der Waals surface area contributed by atoms with Crippen LogP contribution in [-0.2, 0) is 6.42 Å². The summed E-state index contributed by atoms with van der Waals surface area (Å²) in [4.78, 5) is 10.8. The molecule has 1 aromatic carbocycles. The molecule has 1 nitrogen and oxygen atoms in total. The number of allylic oxidation sites excluding steroid dienone is 2. The molecule has 0 aliphatic rings. The molecule has 0 saturated heterocycles. The normalized spacial score (nSPS) is 11.5. The molecule has 0 N–H and O–H groups in total. The number of carbonyl (C=O) groups is 1. The summed E-state index contributed by atoms with van der Waals surface area (Å²) in [6.07, 6.45) is 3.01. The van der Waals surface area contributed by atoms with E-state index in [1.165, 1.54) is 11.1 Å². The smallest absolute Gasteiger partial charge is 0.252 e. The van der Waals surface area contributed by atoms with E-state index in [0.717, 1.165) is 6.42 Å². The second-order valence-electron chi connectivity index (χ2n) is 3.28. The van der Waals surface area contributed by atoms with Crippen molar-refractivity contribution in [3.8, 4) is 0 Å². The first kappa shape index (κ1) is 11.0. The van der Waals surface area contributed by atoms with Gasteiger partial charge in [0.2, 0.25) is 0 Å². The Kier molecular flexibility index (Phi) is 3.90. The maximum atomic E-state index is 10.8. The third-order valence-corrected chi connectivity index (χ3v) is 2.37. The van der Waals surface area contributed by atoms with Crippen molar-refractivity contribution in [1.82, 2.24) is 0 Å². The molecule has 0 unspecified atom stereocenters. The molecule has 0 aliphatic carbocycles. The lowest BCUT2D eigenvalue weighted by atomic mass is 10.1. The molecule has 0 spiro atoms. The second kappa shape index (κ2) is 4.97. The number of carbonyl (C=O) groups excluding carboxylic acids is 1. The van der Waals surface area contributed by atoms with Crippen LogP contribution in [0.5, 0.6) is 0 Å². The molecule has 0 radical (unpaired) electrons. The Bertz CT molecular complexity index is 349. The van der Waals surface area contributed by atoms with Gasteiger partial charge in [-0.25, -0.2) is 0 Å². The number of hydrogen-bond acceptors (Lipinski definition) is 1. The van der Waals surface area contributed by atoms with E-state index in [-0.39, 0.29) is 0 Å². The molecule has 0 saturated carbocycles. The fraction of sp³-hybridized carbons (Fsp3) is 0.250. The summed E-state index contributed by atoms with van der Waals surface area (Å²) < 4.78 is 0. The molecule has 0 bridgehead atoms. The number of hydrogen-bond donors (Lipinski definition) is 0. The lowest BCUT2D eigenvalue weighted by molar-refractivity contribution is 0.108. The van der Waals surface area contributed by atoms with E-state index in [1.807, 2.05) is 19.1 Å². The zero-order valence-electron chi connectivity index (χ0n) is 8.38. The van der Waals surface area contributed by atoms with E-state index >= 15 is 0 Å². The molecule has 2 heteroatoms. The van der Waals surface area contributed by atoms with Gasteiger partial charge in [-0.2, -0.15) is 0 Å². The molecular formula is C12H13ClO. The van der Waals surface area contributed by atoms with Crippen molar-refractivity contribution in [2.75, 3.05) is 0 Å². The van der Waals surface area contributed by atoms with Crippen molar-refractivity contribution in [2.45, 2.75) is 20.3 Å². The van der Waals surface area contributed by atoms with Crippen molar-refractivity contribution in [1.29, 1.82) is 0 Å². The summed E-state index contributed by atoms with van der Waals surface area (Å²) in [5.41, 5.74) is 3.06. The molecule has 0 aromatic heterocycles. The molecule has 1 aromatic rings. The minimum Gasteiger partial charge on any atom is -0.276 e. The van der Waals surface area contributed by atoms with Crippen LogP contribution in [0.25, 0.3) is 0 Å². The van der Waals surface area contributed by atoms with E-state index in [2.05, 4.69) is 13.0 Å². The Balaban J connectivity index is 2.79. The molecule has 74 valence electrons. The van der Waals surface area contributed by atoms with Crippen LogP contribution in [-0.4, -0.2) is 5.24 Å². The predicted molar refractivity (Wildman–Crippen MR) is 59.8 cm³/mol. The van der Waals surface area contributed by atoms with Crippen molar-refractivity contribution in [3.63, 3.8) is 0 Å². The van der Waals surface area contributed by atoms with E-state index in [0.29, 0.717) is 5.56 Å². The minimum atomic E-state index is -0.403. The predicted octanol–water partition coefficient (Wildman–Crippen LogP) is 3.57. The zero-order chi connectivity index (χ0) is 10.6. The Morgan fingerprint density at radius 2 is 1.93 bits per heavy atom. The molecule has 0 heterocycles. The number of halogens is 1. The van der Waals surface area contributed by atoms with Crippen LogP contribution in [0.2, 0.25) is 0 Å². The quantitative estimate of drug-likeness (QED) is 0.548. The third-order valence-electron chi connectivity index (χ3n) is 2.16. The van der Waals surface area contributed by atoms with Crippen LogP contribution in [0.3, 0.4) is 0 Å². The number of rotatable bonds is 3. The van der Waals surface area contributed by atoms with Crippen LogP contribution in [0, 0.1) is 0 Å². The SMILES string of the molecule is CC=C(C)Cc1ccc(C(=O)Cl)cc1. The second-order valence-corrected chi connectivity index (χ2v) is 3.63. The standard InChI is InChI=1S/C12H13ClO/c1-3-9(2)8-10-4-6-11(7-5-10)12(13)14/h3-7H,8H2,1-2H3. The van der Waals surface area contributed by atoms with E-state index < -0.39 is 5.24 Å². The fourth-order valence-corrected chi connectivity index (χ4v) is 1.30. The van der Waals surface area contributed by atoms with Gasteiger partial charge in [0, 0.05) is 5.56 Å². The summed E-state index contributed by atoms with van der Waals surface area (Å²) in [5.74, 6) is 0. The van der Waals surface area contributed by atoms with Crippen LogP contribution >= 0.6 is 11.6 Å². The monoisotopic (exact) mass is 208 g/mol. The van der Waals surface area contributed by atoms with Crippen LogP contribution in [0.4, 0.5) is 0 Å². The van der Waals surface area contributed by atoms with Gasteiger partial charge in [0.15, 0.2) is 0 Å². The highest BCUT2D eigenvalue weighted by Gasteiger charge is 2.00. The molecule has 0 aliphatic heterocycles. The highest BCUT2D eigenvalue weighted by Crippen LogP contribution is 2.10. The molecule has 0 atom stereocenters. The van der Waals surface area contributed by atoms with Crippen LogP contribution in [0.1, 0.15) is 29.8 Å². The van der Waals surface area contributed by atoms with Gasteiger partial charge >= 0.3 is 0 Å². The van der Waals surface area contributed by atoms with E-state index in [1.54, 1.807) is 12.1 Å². The highest BCUT2D eigenvalue weighted by atomic mass is 35.5. The largest absolute Gasteiger partial charge is 0.276 e. The maximum absolute atomic E-state index is 10.8. The maximum Gasteiger partial charge on any atom is 0.252 e. The van der Waals surface area contributed by atoms with Gasteiger partial charge in [-0.05, 0) is 49.6 Å². The van der Waals surface area contributed by atoms with Gasteiger partial charge in [-0.15, -0.1) is 0 Å². The van der Waals surface area contributed by atoms with E-state index in [9.17, 15) is 4.79 Å². The zero-order valence-corrected chi connectivity index (χ0v) is 9.14. The first-order valence-electron chi connectivity index (χ1n) is 4.54. The highest BCUT2D eigenvalue weighted by molar-refractivity contribution is 6.67. The van der Waals surface area contributed by atoms with Crippen molar-refractivity contribution in [2.24, 2.45) is 0 Å². The van der Waals surface area contributed by atoms with Gasteiger partial charge in [-0.1, -0.05) is 23.8 Å². The molecule has 14 heavy (non-hydrogen) atoms. The first-order chi connectivity index (χ1) is 6.63. The Hall–Kier alpha value is -1.08. The molecular weight excluding hydrogens is 196 g/mol. The van der Waals surface area contributed by atoms with Gasteiger partial charge < -0.3 is 0 Å². The summed E-state index contributed by atoms with van der Waals surface area (Å²) in [7, 11) is 0. The van der Waals surface area contributed by atoms with Crippen molar-refractivity contribution >= 4 is 16.8 Å². The summed E-state index contributed by atoms with van der Waals surface area (Å²) in [6.45, 7) is 4.10.